The van der Waals surface area contributed by atoms with E-state index >= 15 is 0 Å². The highest BCUT2D eigenvalue weighted by atomic mass is 16.2. The average molecular weight is 375 g/mol. The third-order valence-electron chi connectivity index (χ3n) is 4.60. The number of rotatable bonds is 7. The van der Waals surface area contributed by atoms with Crippen molar-refractivity contribution >= 4 is 11.9 Å². The molecule has 1 aromatic carbocycles. The van der Waals surface area contributed by atoms with Crippen LogP contribution in [0.15, 0.2) is 54.9 Å². The van der Waals surface area contributed by atoms with Crippen LogP contribution in [0.4, 0.5) is 5.95 Å². The number of likely N-dealkylation sites (N-methyl/N-ethyl adjacent to an activating group) is 1. The Kier molecular flexibility index (Phi) is 6.32. The fourth-order valence-corrected chi connectivity index (χ4v) is 2.88. The Bertz CT molecular complexity index is 943. The number of carbonyl (C=O) groups excluding carboxylic acids is 1. The second-order valence-corrected chi connectivity index (χ2v) is 6.83. The maximum absolute atomic E-state index is 12.8. The summed E-state index contributed by atoms with van der Waals surface area (Å²) in [7, 11) is 1.79. The fourth-order valence-electron chi connectivity index (χ4n) is 2.88. The first-order chi connectivity index (χ1) is 13.5. The molecule has 0 atom stereocenters. The monoisotopic (exact) mass is 375 g/mol. The topological polar surface area (TPSA) is 71.0 Å². The van der Waals surface area contributed by atoms with E-state index in [1.807, 2.05) is 31.2 Å². The Morgan fingerprint density at radius 3 is 2.57 bits per heavy atom. The number of pyridine rings is 1. The van der Waals surface area contributed by atoms with Crippen LogP contribution in [-0.2, 0) is 13.0 Å². The van der Waals surface area contributed by atoms with Gasteiger partial charge in [-0.15, -0.1) is 0 Å². The number of hydrogen-bond donors (Lipinski definition) is 1. The van der Waals surface area contributed by atoms with Gasteiger partial charge in [-0.25, -0.2) is 9.97 Å². The van der Waals surface area contributed by atoms with Gasteiger partial charge in [0.25, 0.3) is 5.91 Å². The molecule has 2 aromatic heterocycles. The highest BCUT2D eigenvalue weighted by molar-refractivity contribution is 5.92. The van der Waals surface area contributed by atoms with Crippen molar-refractivity contribution in [2.75, 3.05) is 18.9 Å². The van der Waals surface area contributed by atoms with E-state index < -0.39 is 0 Å². The standard InChI is InChI=1S/C22H25N5O/c1-16-6-4-5-7-19(16)15-24-22-25-17(2)14-20(26-22)21(28)27(3)13-10-18-8-11-23-12-9-18/h4-9,11-12,14H,10,13,15H2,1-3H3,(H,24,25,26). The van der Waals surface area contributed by atoms with Crippen molar-refractivity contribution in [3.63, 3.8) is 0 Å². The second kappa shape index (κ2) is 9.08. The summed E-state index contributed by atoms with van der Waals surface area (Å²) >= 11 is 0. The van der Waals surface area contributed by atoms with Crippen LogP contribution in [0.2, 0.25) is 0 Å². The van der Waals surface area contributed by atoms with Crippen molar-refractivity contribution in [2.45, 2.75) is 26.8 Å². The predicted molar refractivity (Wildman–Crippen MR) is 110 cm³/mol. The van der Waals surface area contributed by atoms with Crippen LogP contribution in [0.1, 0.15) is 32.9 Å². The molecule has 6 nitrogen and oxygen atoms in total. The molecule has 0 aliphatic carbocycles. The van der Waals surface area contributed by atoms with Crippen molar-refractivity contribution in [2.24, 2.45) is 0 Å². The number of hydrogen-bond acceptors (Lipinski definition) is 5. The van der Waals surface area contributed by atoms with Crippen molar-refractivity contribution in [3.05, 3.63) is 82.9 Å². The molecular weight excluding hydrogens is 350 g/mol. The Balaban J connectivity index is 1.66. The minimum absolute atomic E-state index is 0.113. The number of nitrogens with one attached hydrogen (secondary N) is 1. The van der Waals surface area contributed by atoms with E-state index in [2.05, 4.69) is 39.3 Å². The van der Waals surface area contributed by atoms with E-state index in [0.29, 0.717) is 24.7 Å². The van der Waals surface area contributed by atoms with Crippen molar-refractivity contribution in [1.82, 2.24) is 19.9 Å². The summed E-state index contributed by atoms with van der Waals surface area (Å²) in [5.41, 5.74) is 4.68. The van der Waals surface area contributed by atoms with Crippen molar-refractivity contribution < 1.29 is 4.79 Å². The Labute approximate surface area is 165 Å². The minimum Gasteiger partial charge on any atom is -0.350 e. The molecular formula is C22H25N5O. The summed E-state index contributed by atoms with van der Waals surface area (Å²) in [4.78, 5) is 27.3. The van der Waals surface area contributed by atoms with E-state index in [9.17, 15) is 4.79 Å². The molecule has 0 bridgehead atoms. The molecule has 3 rings (SSSR count). The molecule has 0 spiro atoms. The molecule has 0 fully saturated rings. The summed E-state index contributed by atoms with van der Waals surface area (Å²) < 4.78 is 0. The lowest BCUT2D eigenvalue weighted by molar-refractivity contribution is 0.0790. The molecule has 0 radical (unpaired) electrons. The molecule has 28 heavy (non-hydrogen) atoms. The second-order valence-electron chi connectivity index (χ2n) is 6.83. The van der Waals surface area contributed by atoms with Gasteiger partial charge in [0.1, 0.15) is 5.69 Å². The van der Waals surface area contributed by atoms with Crippen molar-refractivity contribution in [3.8, 4) is 0 Å². The van der Waals surface area contributed by atoms with E-state index in [1.54, 1.807) is 30.4 Å². The number of aryl methyl sites for hydroxylation is 2. The predicted octanol–water partition coefficient (Wildman–Crippen LogP) is 3.42. The first-order valence-corrected chi connectivity index (χ1v) is 9.31. The van der Waals surface area contributed by atoms with Crippen LogP contribution in [0.5, 0.6) is 0 Å². The third-order valence-corrected chi connectivity index (χ3v) is 4.60. The van der Waals surface area contributed by atoms with E-state index in [1.165, 1.54) is 11.1 Å². The van der Waals surface area contributed by atoms with Gasteiger partial charge in [0.15, 0.2) is 0 Å². The lowest BCUT2D eigenvalue weighted by Gasteiger charge is -2.17. The lowest BCUT2D eigenvalue weighted by atomic mass is 10.1. The molecule has 1 amide bonds. The molecule has 0 unspecified atom stereocenters. The number of aromatic nitrogens is 3. The largest absolute Gasteiger partial charge is 0.350 e. The smallest absolute Gasteiger partial charge is 0.272 e. The minimum atomic E-state index is -0.113. The summed E-state index contributed by atoms with van der Waals surface area (Å²) in [5, 5.41) is 3.23. The molecule has 0 aliphatic rings. The molecule has 2 heterocycles. The van der Waals surface area contributed by atoms with Crippen LogP contribution < -0.4 is 5.32 Å². The van der Waals surface area contributed by atoms with E-state index in [0.717, 1.165) is 17.7 Å². The zero-order chi connectivity index (χ0) is 19.9. The normalized spacial score (nSPS) is 10.5. The molecule has 6 heteroatoms. The highest BCUT2D eigenvalue weighted by Gasteiger charge is 2.15. The Hall–Kier alpha value is -3.28. The number of benzene rings is 1. The molecule has 1 N–H and O–H groups in total. The van der Waals surface area contributed by atoms with Gasteiger partial charge in [-0.3, -0.25) is 9.78 Å². The Morgan fingerprint density at radius 2 is 1.82 bits per heavy atom. The molecule has 0 saturated carbocycles. The van der Waals surface area contributed by atoms with Crippen LogP contribution >= 0.6 is 0 Å². The van der Waals surface area contributed by atoms with Crippen LogP contribution in [-0.4, -0.2) is 39.4 Å². The first kappa shape index (κ1) is 19.5. The Morgan fingerprint density at radius 1 is 1.07 bits per heavy atom. The summed E-state index contributed by atoms with van der Waals surface area (Å²) in [6.07, 6.45) is 4.29. The maximum Gasteiger partial charge on any atom is 0.272 e. The molecule has 0 aliphatic heterocycles. The summed E-state index contributed by atoms with van der Waals surface area (Å²) in [6.45, 7) is 5.16. The lowest BCUT2D eigenvalue weighted by Crippen LogP contribution is -2.30. The fraction of sp³-hybridized carbons (Fsp3) is 0.273. The van der Waals surface area contributed by atoms with Crippen LogP contribution in [0, 0.1) is 13.8 Å². The molecule has 3 aromatic rings. The third kappa shape index (κ3) is 5.13. The van der Waals surface area contributed by atoms with Crippen LogP contribution in [0.25, 0.3) is 0 Å². The van der Waals surface area contributed by atoms with Crippen molar-refractivity contribution in [1.29, 1.82) is 0 Å². The quantitative estimate of drug-likeness (QED) is 0.685. The van der Waals surface area contributed by atoms with E-state index in [4.69, 9.17) is 0 Å². The van der Waals surface area contributed by atoms with Gasteiger partial charge in [0.2, 0.25) is 5.95 Å². The van der Waals surface area contributed by atoms with E-state index in [-0.39, 0.29) is 5.91 Å². The number of anilines is 1. The molecule has 0 saturated heterocycles. The van der Waals surface area contributed by atoms with Gasteiger partial charge >= 0.3 is 0 Å². The van der Waals surface area contributed by atoms with Gasteiger partial charge in [-0.1, -0.05) is 24.3 Å². The summed E-state index contributed by atoms with van der Waals surface area (Å²) in [5.74, 6) is 0.354. The number of carbonyl (C=O) groups is 1. The van der Waals surface area contributed by atoms with Gasteiger partial charge in [0, 0.05) is 38.2 Å². The van der Waals surface area contributed by atoms with Gasteiger partial charge in [-0.05, 0) is 55.2 Å². The first-order valence-electron chi connectivity index (χ1n) is 9.31. The summed E-state index contributed by atoms with van der Waals surface area (Å²) in [6, 6.07) is 13.8. The zero-order valence-corrected chi connectivity index (χ0v) is 16.5. The molecule has 144 valence electrons. The highest BCUT2D eigenvalue weighted by Crippen LogP contribution is 2.12. The maximum atomic E-state index is 12.8. The van der Waals surface area contributed by atoms with Gasteiger partial charge < -0.3 is 10.2 Å². The van der Waals surface area contributed by atoms with Crippen LogP contribution in [0.3, 0.4) is 0 Å². The number of amides is 1. The van der Waals surface area contributed by atoms with Gasteiger partial charge in [-0.2, -0.15) is 0 Å². The number of nitrogens with zero attached hydrogens (tertiary/aromatic N) is 4. The zero-order valence-electron chi connectivity index (χ0n) is 16.5. The van der Waals surface area contributed by atoms with Gasteiger partial charge in [0.05, 0.1) is 0 Å². The SMILES string of the molecule is Cc1cc(C(=O)N(C)CCc2ccncc2)nc(NCc2ccccc2C)n1. The average Bonchev–Trinajstić information content (AvgIpc) is 2.71.